The molecule has 0 aliphatic carbocycles. The van der Waals surface area contributed by atoms with Crippen molar-refractivity contribution in [2.75, 3.05) is 58.9 Å². The second-order valence-electron chi connectivity index (χ2n) is 5.55. The number of para-hydroxylation sites is 2. The van der Waals surface area contributed by atoms with Crippen molar-refractivity contribution in [2.24, 2.45) is 0 Å². The van der Waals surface area contributed by atoms with Gasteiger partial charge < -0.3 is 24.6 Å². The second-order valence-corrected chi connectivity index (χ2v) is 5.55. The smallest absolute Gasteiger partial charge is 0.279 e. The Morgan fingerprint density at radius 3 is 2.65 bits per heavy atom. The highest BCUT2D eigenvalue weighted by molar-refractivity contribution is 5.93. The van der Waals surface area contributed by atoms with Crippen molar-refractivity contribution in [2.45, 2.75) is 0 Å². The van der Waals surface area contributed by atoms with Crippen LogP contribution in [0.1, 0.15) is 0 Å². The van der Waals surface area contributed by atoms with Crippen LogP contribution in [-0.4, -0.2) is 70.3 Å². The van der Waals surface area contributed by atoms with E-state index >= 15 is 0 Å². The van der Waals surface area contributed by atoms with E-state index < -0.39 is 0 Å². The van der Waals surface area contributed by atoms with Gasteiger partial charge in [-0.05, 0) is 12.1 Å². The number of amides is 2. The number of methoxy groups -OCH3 is 1. The Morgan fingerprint density at radius 1 is 1.26 bits per heavy atom. The van der Waals surface area contributed by atoms with Gasteiger partial charge in [0.15, 0.2) is 13.1 Å². The lowest BCUT2D eigenvalue weighted by Gasteiger charge is -2.27. The first-order valence-electron chi connectivity index (χ1n) is 7.70. The van der Waals surface area contributed by atoms with Gasteiger partial charge in [-0.15, -0.1) is 0 Å². The summed E-state index contributed by atoms with van der Waals surface area (Å²) in [6, 6.07) is 7.24. The Bertz CT molecular complexity index is 544. The van der Waals surface area contributed by atoms with Crippen molar-refractivity contribution >= 4 is 17.5 Å². The number of nitrogens with zero attached hydrogens (tertiary/aromatic N) is 1. The van der Waals surface area contributed by atoms with Gasteiger partial charge >= 0.3 is 0 Å². The zero-order valence-electron chi connectivity index (χ0n) is 13.6. The number of rotatable bonds is 6. The minimum Gasteiger partial charge on any atom is -0.495 e. The molecule has 1 aliphatic rings. The van der Waals surface area contributed by atoms with Crippen LogP contribution < -0.4 is 15.0 Å². The zero-order chi connectivity index (χ0) is 16.7. The lowest BCUT2D eigenvalue weighted by Crippen LogP contribution is -3.11. The molecule has 1 heterocycles. The number of quaternary nitrogens is 1. The number of benzene rings is 1. The minimum atomic E-state index is -0.151. The summed E-state index contributed by atoms with van der Waals surface area (Å²) in [6.45, 7) is 2.92. The maximum Gasteiger partial charge on any atom is 0.279 e. The molecule has 1 atom stereocenters. The molecule has 0 saturated carbocycles. The Hall–Kier alpha value is -2.12. The van der Waals surface area contributed by atoms with E-state index in [4.69, 9.17) is 9.47 Å². The summed E-state index contributed by atoms with van der Waals surface area (Å²) in [4.78, 5) is 26.9. The van der Waals surface area contributed by atoms with Crippen molar-refractivity contribution < 1.29 is 24.0 Å². The summed E-state index contributed by atoms with van der Waals surface area (Å²) >= 11 is 0. The lowest BCUT2D eigenvalue weighted by molar-refractivity contribution is -0.862. The van der Waals surface area contributed by atoms with Crippen molar-refractivity contribution in [3.05, 3.63) is 24.3 Å². The third-order valence-electron chi connectivity index (χ3n) is 3.66. The first-order chi connectivity index (χ1) is 11.1. The molecule has 7 heteroatoms. The first-order valence-corrected chi connectivity index (χ1v) is 7.70. The van der Waals surface area contributed by atoms with Crippen LogP contribution in [0.3, 0.4) is 0 Å². The van der Waals surface area contributed by atoms with Crippen LogP contribution in [0.4, 0.5) is 5.69 Å². The third kappa shape index (κ3) is 5.22. The second kappa shape index (κ2) is 8.50. The number of anilines is 1. The molecule has 7 nitrogen and oxygen atoms in total. The van der Waals surface area contributed by atoms with Gasteiger partial charge in [-0.3, -0.25) is 9.59 Å². The number of nitrogens with one attached hydrogen (secondary N) is 2. The summed E-state index contributed by atoms with van der Waals surface area (Å²) in [6.07, 6.45) is 0. The molecule has 2 amide bonds. The van der Waals surface area contributed by atoms with Gasteiger partial charge in [0.25, 0.3) is 11.8 Å². The van der Waals surface area contributed by atoms with Crippen LogP contribution in [0, 0.1) is 0 Å². The maximum atomic E-state index is 12.1. The predicted octanol–water partition coefficient (Wildman–Crippen LogP) is -0.993. The van der Waals surface area contributed by atoms with Gasteiger partial charge in [-0.25, -0.2) is 0 Å². The lowest BCUT2D eigenvalue weighted by atomic mass is 10.3. The number of carbonyl (C=O) groups excluding carboxylic acids is 2. The van der Waals surface area contributed by atoms with Crippen molar-refractivity contribution in [3.63, 3.8) is 0 Å². The fourth-order valence-electron chi connectivity index (χ4n) is 2.46. The van der Waals surface area contributed by atoms with Crippen molar-refractivity contribution in [1.29, 1.82) is 0 Å². The molecule has 0 spiro atoms. The van der Waals surface area contributed by atoms with Crippen LogP contribution in [0.15, 0.2) is 24.3 Å². The monoisotopic (exact) mass is 322 g/mol. The fraction of sp³-hybridized carbons (Fsp3) is 0.500. The average Bonchev–Trinajstić information content (AvgIpc) is 2.55. The topological polar surface area (TPSA) is 72.3 Å². The molecule has 126 valence electrons. The van der Waals surface area contributed by atoms with Crippen LogP contribution >= 0.6 is 0 Å². The van der Waals surface area contributed by atoms with Gasteiger partial charge in [0, 0.05) is 13.1 Å². The van der Waals surface area contributed by atoms with E-state index in [9.17, 15) is 9.59 Å². The summed E-state index contributed by atoms with van der Waals surface area (Å²) in [5.74, 6) is 0.514. The highest BCUT2D eigenvalue weighted by atomic mass is 16.5. The quantitative estimate of drug-likeness (QED) is 0.705. The highest BCUT2D eigenvalue weighted by Crippen LogP contribution is 2.22. The summed E-state index contributed by atoms with van der Waals surface area (Å²) in [7, 11) is 3.39. The molecule has 2 rings (SSSR count). The van der Waals surface area contributed by atoms with E-state index in [0.29, 0.717) is 44.3 Å². The molecule has 2 N–H and O–H groups in total. The molecule has 1 fully saturated rings. The molecule has 1 unspecified atom stereocenters. The molecule has 1 saturated heterocycles. The molecule has 1 aromatic rings. The Balaban J connectivity index is 1.81. The largest absolute Gasteiger partial charge is 0.495 e. The number of carbonyl (C=O) groups is 2. The van der Waals surface area contributed by atoms with Gasteiger partial charge in [0.2, 0.25) is 0 Å². The molecular formula is C16H24N3O4+. The summed E-state index contributed by atoms with van der Waals surface area (Å²) in [5.41, 5.74) is 0.632. The molecule has 1 aliphatic heterocycles. The normalized spacial score (nSPS) is 15.8. The SMILES string of the molecule is COc1ccccc1NC(=O)C[NH+](C)CC(=O)N1CCOCC1. The third-order valence-corrected chi connectivity index (χ3v) is 3.66. The van der Waals surface area contributed by atoms with Crippen molar-refractivity contribution in [1.82, 2.24) is 4.90 Å². The van der Waals surface area contributed by atoms with Crippen LogP contribution in [0.25, 0.3) is 0 Å². The minimum absolute atomic E-state index is 0.0518. The molecule has 0 bridgehead atoms. The number of hydrogen-bond acceptors (Lipinski definition) is 4. The predicted molar refractivity (Wildman–Crippen MR) is 85.6 cm³/mol. The average molecular weight is 322 g/mol. The summed E-state index contributed by atoms with van der Waals surface area (Å²) < 4.78 is 10.4. The van der Waals surface area contributed by atoms with E-state index in [2.05, 4.69) is 5.32 Å². The standard InChI is InChI=1S/C16H23N3O4/c1-18(12-16(21)19-7-9-23-10-8-19)11-15(20)17-13-5-3-4-6-14(13)22-2/h3-6H,7-12H2,1-2H3,(H,17,20)/p+1. The van der Waals surface area contributed by atoms with E-state index in [0.717, 1.165) is 4.90 Å². The Morgan fingerprint density at radius 2 is 1.96 bits per heavy atom. The molecule has 0 radical (unpaired) electrons. The summed E-state index contributed by atoms with van der Waals surface area (Å²) in [5, 5.41) is 2.82. The van der Waals surface area contributed by atoms with Gasteiger partial charge in [-0.2, -0.15) is 0 Å². The van der Waals surface area contributed by atoms with Crippen LogP contribution in [-0.2, 0) is 14.3 Å². The van der Waals surface area contributed by atoms with Crippen LogP contribution in [0.5, 0.6) is 5.75 Å². The van der Waals surface area contributed by atoms with E-state index in [1.54, 1.807) is 24.1 Å². The van der Waals surface area contributed by atoms with E-state index in [1.165, 1.54) is 0 Å². The zero-order valence-corrected chi connectivity index (χ0v) is 13.6. The molecule has 1 aromatic carbocycles. The number of morpholine rings is 1. The van der Waals surface area contributed by atoms with Gasteiger partial charge in [0.1, 0.15) is 5.75 Å². The molecule has 0 aromatic heterocycles. The fourth-order valence-corrected chi connectivity index (χ4v) is 2.46. The molecular weight excluding hydrogens is 298 g/mol. The first kappa shape index (κ1) is 17.2. The van der Waals surface area contributed by atoms with E-state index in [-0.39, 0.29) is 18.4 Å². The number of ether oxygens (including phenoxy) is 2. The van der Waals surface area contributed by atoms with Crippen LogP contribution in [0.2, 0.25) is 0 Å². The molecule has 23 heavy (non-hydrogen) atoms. The van der Waals surface area contributed by atoms with Gasteiger partial charge in [-0.1, -0.05) is 12.1 Å². The van der Waals surface area contributed by atoms with E-state index in [1.807, 2.05) is 19.2 Å². The highest BCUT2D eigenvalue weighted by Gasteiger charge is 2.21. The van der Waals surface area contributed by atoms with Crippen molar-refractivity contribution in [3.8, 4) is 5.75 Å². The number of hydrogen-bond donors (Lipinski definition) is 2. The Labute approximate surface area is 136 Å². The Kier molecular flexibility index (Phi) is 6.37. The maximum absolute atomic E-state index is 12.1. The number of likely N-dealkylation sites (N-methyl/N-ethyl adjacent to an activating group) is 1. The van der Waals surface area contributed by atoms with Gasteiger partial charge in [0.05, 0.1) is 33.1 Å².